The van der Waals surface area contributed by atoms with Crippen LogP contribution < -0.4 is 15.4 Å². The number of carbonyl (C=O) groups excluding carboxylic acids is 2. The fourth-order valence-electron chi connectivity index (χ4n) is 1.93. The Kier molecular flexibility index (Phi) is 6.00. The molecule has 5 nitrogen and oxygen atoms in total. The summed E-state index contributed by atoms with van der Waals surface area (Å²) in [4.78, 5) is 23.9. The van der Waals surface area contributed by atoms with E-state index in [0.29, 0.717) is 22.9 Å². The highest BCUT2D eigenvalue weighted by Gasteiger charge is 2.24. The molecule has 3 amide bonds. The lowest BCUT2D eigenvalue weighted by Crippen LogP contribution is -2.42. The standard InChI is InChI=1S/C17H17ClN2O3/c1-2-19-17(22)20-16(21)15(12-6-4-3-5-7-12)23-14-10-8-13(18)9-11-14/h3-11,15H,2H2,1H3,(H2,19,20,21,22)/t15-/m1/s1. The van der Waals surface area contributed by atoms with Crippen LogP contribution in [-0.4, -0.2) is 18.5 Å². The highest BCUT2D eigenvalue weighted by atomic mass is 35.5. The smallest absolute Gasteiger partial charge is 0.321 e. The van der Waals surface area contributed by atoms with E-state index in [1.807, 2.05) is 6.07 Å². The highest BCUT2D eigenvalue weighted by Crippen LogP contribution is 2.23. The highest BCUT2D eigenvalue weighted by molar-refractivity contribution is 6.30. The first-order valence-electron chi connectivity index (χ1n) is 7.16. The van der Waals surface area contributed by atoms with Crippen LogP contribution in [0, 0.1) is 0 Å². The fourth-order valence-corrected chi connectivity index (χ4v) is 2.06. The van der Waals surface area contributed by atoms with Gasteiger partial charge in [-0.05, 0) is 31.2 Å². The van der Waals surface area contributed by atoms with Crippen LogP contribution in [0.4, 0.5) is 4.79 Å². The predicted octanol–water partition coefficient (Wildman–Crippen LogP) is 3.31. The van der Waals surface area contributed by atoms with Crippen molar-refractivity contribution in [2.24, 2.45) is 0 Å². The van der Waals surface area contributed by atoms with Gasteiger partial charge in [0.15, 0.2) is 0 Å². The van der Waals surface area contributed by atoms with E-state index in [1.54, 1.807) is 55.5 Å². The van der Waals surface area contributed by atoms with Gasteiger partial charge in [0, 0.05) is 17.1 Å². The summed E-state index contributed by atoms with van der Waals surface area (Å²) < 4.78 is 5.75. The monoisotopic (exact) mass is 332 g/mol. The first-order chi connectivity index (χ1) is 11.1. The van der Waals surface area contributed by atoms with Crippen LogP contribution in [0.2, 0.25) is 5.02 Å². The molecule has 2 aromatic carbocycles. The van der Waals surface area contributed by atoms with Gasteiger partial charge in [-0.15, -0.1) is 0 Å². The molecule has 0 spiro atoms. The number of hydrogen-bond donors (Lipinski definition) is 2. The van der Waals surface area contributed by atoms with Gasteiger partial charge < -0.3 is 10.1 Å². The second-order valence-electron chi connectivity index (χ2n) is 4.71. The average Bonchev–Trinajstić information content (AvgIpc) is 2.55. The van der Waals surface area contributed by atoms with Crippen LogP contribution in [0.3, 0.4) is 0 Å². The minimum absolute atomic E-state index is 0.424. The predicted molar refractivity (Wildman–Crippen MR) is 88.5 cm³/mol. The summed E-state index contributed by atoms with van der Waals surface area (Å²) >= 11 is 5.84. The molecule has 1 atom stereocenters. The van der Waals surface area contributed by atoms with E-state index >= 15 is 0 Å². The van der Waals surface area contributed by atoms with Gasteiger partial charge >= 0.3 is 6.03 Å². The Morgan fingerprint density at radius 3 is 2.35 bits per heavy atom. The molecule has 0 radical (unpaired) electrons. The van der Waals surface area contributed by atoms with Crippen molar-refractivity contribution >= 4 is 23.5 Å². The van der Waals surface area contributed by atoms with E-state index in [9.17, 15) is 9.59 Å². The quantitative estimate of drug-likeness (QED) is 0.882. The van der Waals surface area contributed by atoms with Crippen molar-refractivity contribution in [3.05, 3.63) is 65.2 Å². The Bertz CT molecular complexity index is 659. The van der Waals surface area contributed by atoms with E-state index in [-0.39, 0.29) is 0 Å². The molecule has 0 aliphatic rings. The summed E-state index contributed by atoms with van der Waals surface area (Å²) in [6.07, 6.45) is -0.944. The number of urea groups is 1. The molecule has 2 aromatic rings. The molecule has 0 fully saturated rings. The molecule has 0 aromatic heterocycles. The van der Waals surface area contributed by atoms with E-state index < -0.39 is 18.0 Å². The maximum absolute atomic E-state index is 12.4. The summed E-state index contributed by atoms with van der Waals surface area (Å²) in [6.45, 7) is 2.19. The second kappa shape index (κ2) is 8.19. The molecule has 2 rings (SSSR count). The lowest BCUT2D eigenvalue weighted by molar-refractivity contribution is -0.127. The Labute approximate surface area is 139 Å². The molecule has 0 aliphatic heterocycles. The third-order valence-electron chi connectivity index (χ3n) is 2.98. The van der Waals surface area contributed by atoms with Crippen molar-refractivity contribution in [3.8, 4) is 5.75 Å². The van der Waals surface area contributed by atoms with E-state index in [4.69, 9.17) is 16.3 Å². The van der Waals surface area contributed by atoms with Crippen LogP contribution in [0.25, 0.3) is 0 Å². The van der Waals surface area contributed by atoms with Crippen LogP contribution >= 0.6 is 11.6 Å². The fraction of sp³-hybridized carbons (Fsp3) is 0.176. The Morgan fingerprint density at radius 1 is 1.09 bits per heavy atom. The molecule has 0 unspecified atom stereocenters. The molecule has 0 saturated heterocycles. The third-order valence-corrected chi connectivity index (χ3v) is 3.23. The number of benzene rings is 2. The van der Waals surface area contributed by atoms with Gasteiger partial charge in [0.25, 0.3) is 5.91 Å². The Hall–Kier alpha value is -2.53. The van der Waals surface area contributed by atoms with Crippen molar-refractivity contribution in [3.63, 3.8) is 0 Å². The van der Waals surface area contributed by atoms with Crippen LogP contribution in [0.15, 0.2) is 54.6 Å². The van der Waals surface area contributed by atoms with Crippen LogP contribution in [0.1, 0.15) is 18.6 Å². The first kappa shape index (κ1) is 16.8. The maximum atomic E-state index is 12.4. The van der Waals surface area contributed by atoms with Crippen LogP contribution in [0.5, 0.6) is 5.75 Å². The second-order valence-corrected chi connectivity index (χ2v) is 5.15. The zero-order chi connectivity index (χ0) is 16.7. The SMILES string of the molecule is CCNC(=O)NC(=O)[C@H](Oc1ccc(Cl)cc1)c1ccccc1. The minimum atomic E-state index is -0.944. The largest absolute Gasteiger partial charge is 0.476 e. The summed E-state index contributed by atoms with van der Waals surface area (Å²) in [5.74, 6) is -0.0635. The molecular weight excluding hydrogens is 316 g/mol. The van der Waals surface area contributed by atoms with Gasteiger partial charge in [0.2, 0.25) is 6.10 Å². The van der Waals surface area contributed by atoms with E-state index in [0.717, 1.165) is 0 Å². The molecule has 23 heavy (non-hydrogen) atoms. The minimum Gasteiger partial charge on any atom is -0.476 e. The van der Waals surface area contributed by atoms with Gasteiger partial charge in [-0.1, -0.05) is 41.9 Å². The van der Waals surface area contributed by atoms with Gasteiger partial charge in [0.05, 0.1) is 0 Å². The first-order valence-corrected chi connectivity index (χ1v) is 7.54. The van der Waals surface area contributed by atoms with Gasteiger partial charge in [0.1, 0.15) is 5.75 Å². The number of amides is 3. The molecule has 120 valence electrons. The average molecular weight is 333 g/mol. The lowest BCUT2D eigenvalue weighted by atomic mass is 10.1. The summed E-state index contributed by atoms with van der Waals surface area (Å²) in [5.41, 5.74) is 0.643. The van der Waals surface area contributed by atoms with Gasteiger partial charge in [-0.25, -0.2) is 4.79 Å². The molecule has 0 saturated carbocycles. The van der Waals surface area contributed by atoms with Gasteiger partial charge in [-0.3, -0.25) is 10.1 Å². The molecule has 6 heteroatoms. The van der Waals surface area contributed by atoms with Crippen LogP contribution in [-0.2, 0) is 4.79 Å². The van der Waals surface area contributed by atoms with Crippen molar-refractivity contribution < 1.29 is 14.3 Å². The van der Waals surface area contributed by atoms with Crippen molar-refractivity contribution in [2.75, 3.05) is 6.54 Å². The zero-order valence-electron chi connectivity index (χ0n) is 12.6. The Morgan fingerprint density at radius 2 is 1.74 bits per heavy atom. The van der Waals surface area contributed by atoms with E-state index in [2.05, 4.69) is 10.6 Å². The van der Waals surface area contributed by atoms with E-state index in [1.165, 1.54) is 0 Å². The number of imide groups is 1. The summed E-state index contributed by atoms with van der Waals surface area (Å²) in [6, 6.07) is 15.1. The Balaban J connectivity index is 2.20. The third kappa shape index (κ3) is 5.00. The normalized spacial score (nSPS) is 11.4. The number of nitrogens with one attached hydrogen (secondary N) is 2. The molecule has 0 bridgehead atoms. The van der Waals surface area contributed by atoms with Crippen molar-refractivity contribution in [1.29, 1.82) is 0 Å². The zero-order valence-corrected chi connectivity index (χ0v) is 13.3. The number of carbonyl (C=O) groups is 2. The van der Waals surface area contributed by atoms with Gasteiger partial charge in [-0.2, -0.15) is 0 Å². The molecular formula is C17H17ClN2O3. The number of halogens is 1. The number of ether oxygens (including phenoxy) is 1. The maximum Gasteiger partial charge on any atom is 0.321 e. The number of rotatable bonds is 5. The lowest BCUT2D eigenvalue weighted by Gasteiger charge is -2.19. The van der Waals surface area contributed by atoms with Crippen molar-refractivity contribution in [1.82, 2.24) is 10.6 Å². The summed E-state index contributed by atoms with van der Waals surface area (Å²) in [7, 11) is 0. The number of hydrogen-bond acceptors (Lipinski definition) is 3. The molecule has 0 heterocycles. The molecule has 0 aliphatic carbocycles. The van der Waals surface area contributed by atoms with Crippen molar-refractivity contribution in [2.45, 2.75) is 13.0 Å². The summed E-state index contributed by atoms with van der Waals surface area (Å²) in [5, 5.41) is 5.35. The molecule has 2 N–H and O–H groups in total. The topological polar surface area (TPSA) is 67.4 Å².